The van der Waals surface area contributed by atoms with Gasteiger partial charge in [-0.3, -0.25) is 4.79 Å². The van der Waals surface area contributed by atoms with Gasteiger partial charge in [0, 0.05) is 18.6 Å². The second kappa shape index (κ2) is 10.5. The van der Waals surface area contributed by atoms with Gasteiger partial charge in [-0.1, -0.05) is 27.2 Å². The first-order valence-corrected chi connectivity index (χ1v) is 8.45. The predicted molar refractivity (Wildman–Crippen MR) is 91.5 cm³/mol. The summed E-state index contributed by atoms with van der Waals surface area (Å²) in [7, 11) is 0. The lowest BCUT2D eigenvalue weighted by Gasteiger charge is -2.17. The molecule has 0 aromatic rings. The first kappa shape index (κ1) is 20.8. The van der Waals surface area contributed by atoms with E-state index in [9.17, 15) is 9.59 Å². The number of nitrogens with zero attached hydrogens (tertiary/aromatic N) is 1. The molecule has 0 fully saturated rings. The number of aliphatic imine (C=N–C) groups is 1. The van der Waals surface area contributed by atoms with Crippen LogP contribution < -0.4 is 0 Å². The average molecular weight is 311 g/mol. The van der Waals surface area contributed by atoms with Gasteiger partial charge >= 0.3 is 6.09 Å². The van der Waals surface area contributed by atoms with Gasteiger partial charge < -0.3 is 4.74 Å². The van der Waals surface area contributed by atoms with Crippen molar-refractivity contribution in [1.29, 1.82) is 0 Å². The fourth-order valence-corrected chi connectivity index (χ4v) is 2.05. The smallest absolute Gasteiger partial charge is 0.434 e. The molecule has 4 nitrogen and oxygen atoms in total. The van der Waals surface area contributed by atoms with Crippen LogP contribution in [0.15, 0.2) is 4.99 Å². The summed E-state index contributed by atoms with van der Waals surface area (Å²) in [5.41, 5.74) is 0.287. The third-order valence-electron chi connectivity index (χ3n) is 3.21. The van der Waals surface area contributed by atoms with Crippen molar-refractivity contribution in [3.05, 3.63) is 0 Å². The second-order valence-electron chi connectivity index (χ2n) is 7.19. The molecule has 0 aliphatic heterocycles. The van der Waals surface area contributed by atoms with Gasteiger partial charge in [0.2, 0.25) is 0 Å². The van der Waals surface area contributed by atoms with Crippen molar-refractivity contribution >= 4 is 17.6 Å². The Bertz CT molecular complexity index is 378. The number of ketones is 1. The second-order valence-corrected chi connectivity index (χ2v) is 7.19. The molecule has 0 bridgehead atoms. The summed E-state index contributed by atoms with van der Waals surface area (Å²) in [6.07, 6.45) is 4.94. The lowest BCUT2D eigenvalue weighted by Crippen LogP contribution is -2.22. The highest BCUT2D eigenvalue weighted by atomic mass is 16.6. The van der Waals surface area contributed by atoms with Crippen LogP contribution in [0.5, 0.6) is 0 Å². The van der Waals surface area contributed by atoms with Crippen LogP contribution in [0.25, 0.3) is 0 Å². The molecule has 4 heteroatoms. The van der Waals surface area contributed by atoms with E-state index in [0.717, 1.165) is 25.0 Å². The minimum absolute atomic E-state index is 0.313. The number of hydrogen-bond donors (Lipinski definition) is 0. The number of hydrogen-bond acceptors (Lipinski definition) is 3. The van der Waals surface area contributed by atoms with Crippen molar-refractivity contribution in [3.63, 3.8) is 0 Å². The molecule has 0 atom stereocenters. The van der Waals surface area contributed by atoms with Crippen molar-refractivity contribution in [2.75, 3.05) is 0 Å². The maximum absolute atomic E-state index is 11.8. The monoisotopic (exact) mass is 311 g/mol. The minimum Gasteiger partial charge on any atom is -0.442 e. The van der Waals surface area contributed by atoms with Crippen LogP contribution in [-0.4, -0.2) is 23.2 Å². The molecule has 0 spiro atoms. The average Bonchev–Trinajstić information content (AvgIpc) is 2.34. The molecule has 1 amide bonds. The van der Waals surface area contributed by atoms with E-state index in [-0.39, 0.29) is 0 Å². The van der Waals surface area contributed by atoms with Gasteiger partial charge in [0.15, 0.2) is 0 Å². The van der Waals surface area contributed by atoms with Crippen LogP contribution >= 0.6 is 0 Å². The maximum atomic E-state index is 11.8. The lowest BCUT2D eigenvalue weighted by molar-refractivity contribution is -0.119. The molecule has 0 aromatic carbocycles. The normalized spacial score (nSPS) is 12.6. The number of carbonyl (C=O) groups is 2. The van der Waals surface area contributed by atoms with Gasteiger partial charge in [-0.15, -0.1) is 0 Å². The van der Waals surface area contributed by atoms with Crippen LogP contribution in [0, 0.1) is 5.92 Å². The summed E-state index contributed by atoms with van der Waals surface area (Å²) in [6.45, 7) is 11.8. The summed E-state index contributed by atoms with van der Waals surface area (Å²) in [4.78, 5) is 27.4. The third-order valence-corrected chi connectivity index (χ3v) is 3.21. The van der Waals surface area contributed by atoms with E-state index in [2.05, 4.69) is 18.8 Å². The molecular formula is C18H33NO3. The zero-order valence-electron chi connectivity index (χ0n) is 15.2. The van der Waals surface area contributed by atoms with Crippen molar-refractivity contribution in [1.82, 2.24) is 0 Å². The zero-order valence-corrected chi connectivity index (χ0v) is 15.2. The van der Waals surface area contributed by atoms with Crippen LogP contribution in [0.2, 0.25) is 0 Å². The first-order valence-electron chi connectivity index (χ1n) is 8.45. The molecule has 0 aromatic heterocycles. The molecule has 0 saturated carbocycles. The minimum atomic E-state index is -0.535. The molecule has 128 valence electrons. The summed E-state index contributed by atoms with van der Waals surface area (Å²) in [5.74, 6) is 0.967. The number of Topliss-reactive ketones (excluding diaryl/α,β-unsaturated/α-hetero) is 1. The zero-order chi connectivity index (χ0) is 17.2. The molecule has 0 unspecified atom stereocenters. The highest BCUT2D eigenvalue weighted by Crippen LogP contribution is 2.11. The van der Waals surface area contributed by atoms with E-state index in [1.165, 1.54) is 0 Å². The number of carbonyl (C=O) groups excluding carboxylic acids is 2. The molecule has 0 saturated heterocycles. The lowest BCUT2D eigenvalue weighted by atomic mass is 10.0. The van der Waals surface area contributed by atoms with Crippen LogP contribution in [0.3, 0.4) is 0 Å². The summed E-state index contributed by atoms with van der Waals surface area (Å²) >= 11 is 0. The SMILES string of the molecule is CCC(CCCC(=O)CCCC(C)C)=NC(=O)OC(C)(C)C. The van der Waals surface area contributed by atoms with Gasteiger partial charge in [0.05, 0.1) is 0 Å². The third kappa shape index (κ3) is 12.5. The van der Waals surface area contributed by atoms with Crippen molar-refractivity contribution in [2.45, 2.75) is 92.1 Å². The Morgan fingerprint density at radius 2 is 1.64 bits per heavy atom. The predicted octanol–water partition coefficient (Wildman–Crippen LogP) is 5.34. The number of amides is 1. The van der Waals surface area contributed by atoms with Crippen LogP contribution in [0.4, 0.5) is 4.79 Å². The maximum Gasteiger partial charge on any atom is 0.434 e. The molecule has 0 aliphatic rings. The molecule has 0 radical (unpaired) electrons. The first-order chi connectivity index (χ1) is 10.1. The molecular weight excluding hydrogens is 278 g/mol. The van der Waals surface area contributed by atoms with Crippen molar-refractivity contribution in [2.24, 2.45) is 10.9 Å². The number of ether oxygens (including phenoxy) is 1. The van der Waals surface area contributed by atoms with Crippen molar-refractivity contribution < 1.29 is 14.3 Å². The Morgan fingerprint density at radius 1 is 1.05 bits per heavy atom. The molecule has 0 aliphatic carbocycles. The van der Waals surface area contributed by atoms with Crippen molar-refractivity contribution in [3.8, 4) is 0 Å². The van der Waals surface area contributed by atoms with Gasteiger partial charge in [0.25, 0.3) is 0 Å². The molecule has 0 heterocycles. The highest BCUT2D eigenvalue weighted by molar-refractivity contribution is 5.93. The van der Waals surface area contributed by atoms with Gasteiger partial charge in [-0.2, -0.15) is 4.99 Å². The van der Waals surface area contributed by atoms with Gasteiger partial charge in [0.1, 0.15) is 11.4 Å². The van der Waals surface area contributed by atoms with E-state index < -0.39 is 11.7 Å². The summed E-state index contributed by atoms with van der Waals surface area (Å²) < 4.78 is 5.18. The Kier molecular flexibility index (Phi) is 9.95. The Hall–Kier alpha value is -1.19. The van der Waals surface area contributed by atoms with Gasteiger partial charge in [-0.05, 0) is 52.4 Å². The van der Waals surface area contributed by atoms with Gasteiger partial charge in [-0.25, -0.2) is 4.79 Å². The molecule has 0 N–H and O–H groups in total. The number of rotatable bonds is 9. The van der Waals surface area contributed by atoms with E-state index in [4.69, 9.17) is 4.74 Å². The van der Waals surface area contributed by atoms with Crippen LogP contribution in [0.1, 0.15) is 86.5 Å². The van der Waals surface area contributed by atoms with E-state index in [1.54, 1.807) is 0 Å². The Labute approximate surface area is 135 Å². The quantitative estimate of drug-likeness (QED) is 0.540. The van der Waals surface area contributed by atoms with E-state index >= 15 is 0 Å². The molecule has 22 heavy (non-hydrogen) atoms. The van der Waals surface area contributed by atoms with E-state index in [0.29, 0.717) is 37.4 Å². The molecule has 0 rings (SSSR count). The standard InChI is InChI=1S/C18H33NO3/c1-7-15(19-17(21)22-18(4,5)6)11-9-13-16(20)12-8-10-14(2)3/h14H,7-13H2,1-6H3. The highest BCUT2D eigenvalue weighted by Gasteiger charge is 2.16. The van der Waals surface area contributed by atoms with E-state index in [1.807, 2.05) is 27.7 Å². The Morgan fingerprint density at radius 3 is 2.14 bits per heavy atom. The Balaban J connectivity index is 4.09. The summed E-state index contributed by atoms with van der Waals surface area (Å²) in [5, 5.41) is 0. The topological polar surface area (TPSA) is 55.7 Å². The van der Waals surface area contributed by atoms with Crippen LogP contribution in [-0.2, 0) is 9.53 Å². The largest absolute Gasteiger partial charge is 0.442 e. The summed E-state index contributed by atoms with van der Waals surface area (Å²) in [6, 6.07) is 0. The fourth-order valence-electron chi connectivity index (χ4n) is 2.05. The fraction of sp³-hybridized carbons (Fsp3) is 0.833.